The number of thiocarbonyl (C=S) groups is 1. The van der Waals surface area contributed by atoms with Crippen LogP contribution in [-0.2, 0) is 0 Å². The van der Waals surface area contributed by atoms with Gasteiger partial charge in [-0.1, -0.05) is 12.2 Å². The van der Waals surface area contributed by atoms with Crippen LogP contribution in [0.1, 0.15) is 5.56 Å². The standard InChI is InChI=1S/C6H6N2S/c7-6(9)5-1-3-8-4-2-5/h1-4H,(H2,7,9)/p+1. The molecule has 2 nitrogen and oxygen atoms in total. The van der Waals surface area contributed by atoms with Gasteiger partial charge in [0.25, 0.3) is 0 Å². The molecule has 3 heteroatoms. The molecule has 1 aromatic rings. The highest BCUT2D eigenvalue weighted by molar-refractivity contribution is 7.80. The Hall–Kier alpha value is -0.960. The highest BCUT2D eigenvalue weighted by Gasteiger charge is 1.92. The van der Waals surface area contributed by atoms with Crippen molar-refractivity contribution >= 4 is 17.2 Å². The van der Waals surface area contributed by atoms with E-state index in [1.165, 1.54) is 0 Å². The number of rotatable bonds is 1. The molecule has 1 aromatic heterocycles. The summed E-state index contributed by atoms with van der Waals surface area (Å²) in [4.78, 5) is 3.31. The lowest BCUT2D eigenvalue weighted by atomic mass is 10.3. The van der Waals surface area contributed by atoms with Crippen LogP contribution in [0, 0.1) is 0 Å². The number of hydrogen-bond donors (Lipinski definition) is 1. The van der Waals surface area contributed by atoms with Crippen LogP contribution in [0.3, 0.4) is 0 Å². The molecule has 0 aliphatic carbocycles. The van der Waals surface area contributed by atoms with E-state index in [9.17, 15) is 0 Å². The predicted molar refractivity (Wildman–Crippen MR) is 38.9 cm³/mol. The van der Waals surface area contributed by atoms with Crippen molar-refractivity contribution in [2.24, 2.45) is 5.73 Å². The fourth-order valence-electron chi connectivity index (χ4n) is 0.551. The number of H-pyrrole nitrogens is 1. The van der Waals surface area contributed by atoms with Crippen molar-refractivity contribution in [3.8, 4) is 0 Å². The predicted octanol–water partition coefficient (Wildman–Crippen LogP) is 0.135. The van der Waals surface area contributed by atoms with E-state index in [1.807, 2.05) is 12.1 Å². The molecule has 0 fully saturated rings. The van der Waals surface area contributed by atoms with E-state index in [1.54, 1.807) is 12.4 Å². The summed E-state index contributed by atoms with van der Waals surface area (Å²) < 4.78 is 0. The van der Waals surface area contributed by atoms with Gasteiger partial charge in [-0.2, -0.15) is 0 Å². The van der Waals surface area contributed by atoms with Crippen LogP contribution in [0.2, 0.25) is 0 Å². The summed E-state index contributed by atoms with van der Waals surface area (Å²) in [6, 6.07) is 3.67. The van der Waals surface area contributed by atoms with Crippen molar-refractivity contribution in [2.45, 2.75) is 0 Å². The minimum atomic E-state index is 0.434. The van der Waals surface area contributed by atoms with E-state index in [0.29, 0.717) is 4.99 Å². The van der Waals surface area contributed by atoms with Crippen LogP contribution in [0.5, 0.6) is 0 Å². The lowest BCUT2D eigenvalue weighted by Crippen LogP contribution is -2.11. The van der Waals surface area contributed by atoms with Gasteiger partial charge >= 0.3 is 0 Å². The SMILES string of the molecule is NC(=S)c1cc[nH+]cc1. The van der Waals surface area contributed by atoms with Crippen LogP contribution in [-0.4, -0.2) is 4.99 Å². The van der Waals surface area contributed by atoms with Gasteiger partial charge in [0.05, 0.1) is 0 Å². The smallest absolute Gasteiger partial charge is 0.167 e. The average molecular weight is 139 g/mol. The minimum absolute atomic E-state index is 0.434. The Balaban J connectivity index is 2.98. The van der Waals surface area contributed by atoms with Crippen molar-refractivity contribution in [3.05, 3.63) is 30.1 Å². The molecule has 0 amide bonds. The molecule has 0 atom stereocenters. The zero-order valence-corrected chi connectivity index (χ0v) is 5.61. The number of nitrogens with one attached hydrogen (secondary N) is 1. The summed E-state index contributed by atoms with van der Waals surface area (Å²) in [7, 11) is 0. The molecular weight excluding hydrogens is 132 g/mol. The number of pyridine rings is 1. The first kappa shape index (κ1) is 6.16. The third-order valence-corrected chi connectivity index (χ3v) is 1.24. The number of aromatic amines is 1. The Bertz CT molecular complexity index is 208. The Kier molecular flexibility index (Phi) is 1.75. The highest BCUT2D eigenvalue weighted by Crippen LogP contribution is 1.91. The molecule has 0 unspecified atom stereocenters. The van der Waals surface area contributed by atoms with E-state index in [2.05, 4.69) is 4.98 Å². The lowest BCUT2D eigenvalue weighted by molar-refractivity contribution is -0.378. The van der Waals surface area contributed by atoms with E-state index in [4.69, 9.17) is 18.0 Å². The first-order valence-corrected chi connectivity index (χ1v) is 2.97. The van der Waals surface area contributed by atoms with Crippen molar-refractivity contribution in [2.75, 3.05) is 0 Å². The topological polar surface area (TPSA) is 40.2 Å². The Morgan fingerprint density at radius 3 is 2.33 bits per heavy atom. The normalized spacial score (nSPS) is 8.89. The molecule has 0 spiro atoms. The van der Waals surface area contributed by atoms with E-state index in [0.717, 1.165) is 5.56 Å². The summed E-state index contributed by atoms with van der Waals surface area (Å²) in [6.07, 6.45) is 3.57. The molecule has 1 heterocycles. The largest absolute Gasteiger partial charge is 0.389 e. The van der Waals surface area contributed by atoms with E-state index < -0.39 is 0 Å². The first-order valence-electron chi connectivity index (χ1n) is 2.56. The summed E-state index contributed by atoms with van der Waals surface area (Å²) in [5.41, 5.74) is 6.22. The van der Waals surface area contributed by atoms with Gasteiger partial charge in [0, 0.05) is 17.7 Å². The molecule has 0 aliphatic heterocycles. The molecule has 9 heavy (non-hydrogen) atoms. The highest BCUT2D eigenvalue weighted by atomic mass is 32.1. The molecule has 0 aliphatic rings. The van der Waals surface area contributed by atoms with Gasteiger partial charge in [-0.25, -0.2) is 4.98 Å². The van der Waals surface area contributed by atoms with Crippen LogP contribution in [0.4, 0.5) is 0 Å². The van der Waals surface area contributed by atoms with Gasteiger partial charge < -0.3 is 5.73 Å². The second-order valence-corrected chi connectivity index (χ2v) is 2.09. The van der Waals surface area contributed by atoms with Crippen LogP contribution in [0.15, 0.2) is 24.5 Å². The molecule has 0 saturated heterocycles. The summed E-state index contributed by atoms with van der Waals surface area (Å²) >= 11 is 4.73. The molecule has 0 saturated carbocycles. The maximum Gasteiger partial charge on any atom is 0.167 e. The van der Waals surface area contributed by atoms with E-state index >= 15 is 0 Å². The Morgan fingerprint density at radius 2 is 2.00 bits per heavy atom. The van der Waals surface area contributed by atoms with E-state index in [-0.39, 0.29) is 0 Å². The fourth-order valence-corrected chi connectivity index (χ4v) is 0.687. The molecule has 3 N–H and O–H groups in total. The third-order valence-electron chi connectivity index (χ3n) is 1.00. The first-order chi connectivity index (χ1) is 4.30. The van der Waals surface area contributed by atoms with Gasteiger partial charge in [-0.3, -0.25) is 0 Å². The van der Waals surface area contributed by atoms with Crippen molar-refractivity contribution in [1.29, 1.82) is 0 Å². The monoisotopic (exact) mass is 139 g/mol. The summed E-state index contributed by atoms with van der Waals surface area (Å²) in [6.45, 7) is 0. The second kappa shape index (κ2) is 2.55. The maximum absolute atomic E-state index is 5.33. The third kappa shape index (κ3) is 1.47. The van der Waals surface area contributed by atoms with Crippen molar-refractivity contribution < 1.29 is 4.98 Å². The Morgan fingerprint density at radius 1 is 1.44 bits per heavy atom. The zero-order valence-electron chi connectivity index (χ0n) is 4.79. The van der Waals surface area contributed by atoms with Gasteiger partial charge in [0.15, 0.2) is 12.4 Å². The average Bonchev–Trinajstić information content (AvgIpc) is 1.90. The zero-order chi connectivity index (χ0) is 6.69. The molecule has 46 valence electrons. The van der Waals surface area contributed by atoms with Crippen molar-refractivity contribution in [1.82, 2.24) is 0 Å². The van der Waals surface area contributed by atoms with Crippen LogP contribution >= 0.6 is 12.2 Å². The van der Waals surface area contributed by atoms with Gasteiger partial charge in [-0.05, 0) is 0 Å². The Labute approximate surface area is 58.7 Å². The van der Waals surface area contributed by atoms with Gasteiger partial charge in [0.1, 0.15) is 4.99 Å². The molecule has 0 aromatic carbocycles. The summed E-state index contributed by atoms with van der Waals surface area (Å²) in [5.74, 6) is 0. The molecular formula is C6H7N2S+. The fraction of sp³-hybridized carbons (Fsp3) is 0. The summed E-state index contributed by atoms with van der Waals surface area (Å²) in [5, 5.41) is 0. The van der Waals surface area contributed by atoms with Crippen molar-refractivity contribution in [3.63, 3.8) is 0 Å². The number of hydrogen-bond acceptors (Lipinski definition) is 1. The van der Waals surface area contributed by atoms with Crippen LogP contribution < -0.4 is 10.7 Å². The molecule has 0 bridgehead atoms. The molecule has 1 rings (SSSR count). The second-order valence-electron chi connectivity index (χ2n) is 1.65. The minimum Gasteiger partial charge on any atom is -0.389 e. The lowest BCUT2D eigenvalue weighted by Gasteiger charge is -1.89. The molecule has 0 radical (unpaired) electrons. The number of aromatic nitrogens is 1. The van der Waals surface area contributed by atoms with Gasteiger partial charge in [-0.15, -0.1) is 0 Å². The maximum atomic E-state index is 5.33. The number of nitrogens with two attached hydrogens (primary N) is 1. The van der Waals surface area contributed by atoms with Gasteiger partial charge in [0.2, 0.25) is 0 Å². The quantitative estimate of drug-likeness (QED) is 0.562. The van der Waals surface area contributed by atoms with Crippen LogP contribution in [0.25, 0.3) is 0 Å².